The van der Waals surface area contributed by atoms with Gasteiger partial charge in [-0.15, -0.1) is 11.3 Å². The van der Waals surface area contributed by atoms with E-state index in [2.05, 4.69) is 9.46 Å². The maximum atomic E-state index is 12.6. The zero-order valence-corrected chi connectivity index (χ0v) is 15.5. The molecule has 0 fully saturated rings. The van der Waals surface area contributed by atoms with Crippen LogP contribution in [0.2, 0.25) is 0 Å². The third-order valence-corrected chi connectivity index (χ3v) is 6.26. The normalized spacial score (nSPS) is 12.7. The first-order valence-corrected chi connectivity index (χ1v) is 10.1. The van der Waals surface area contributed by atoms with E-state index >= 15 is 0 Å². The smallest absolute Gasteiger partial charge is 0.337 e. The molecule has 0 spiro atoms. The fraction of sp³-hybridized carbons (Fsp3) is 0.167. The van der Waals surface area contributed by atoms with E-state index in [4.69, 9.17) is 4.42 Å². The third-order valence-electron chi connectivity index (χ3n) is 3.84. The van der Waals surface area contributed by atoms with Crippen LogP contribution in [0.4, 0.5) is 0 Å². The molecule has 136 valence electrons. The quantitative estimate of drug-likeness (QED) is 0.625. The minimum absolute atomic E-state index is 0.0783. The molecule has 1 unspecified atom stereocenters. The van der Waals surface area contributed by atoms with E-state index in [0.717, 1.165) is 4.88 Å². The van der Waals surface area contributed by atoms with Gasteiger partial charge in [-0.3, -0.25) is 0 Å². The molecule has 0 aliphatic carbocycles. The highest BCUT2D eigenvalue weighted by Crippen LogP contribution is 2.28. The lowest BCUT2D eigenvalue weighted by Crippen LogP contribution is -2.28. The van der Waals surface area contributed by atoms with Crippen LogP contribution >= 0.6 is 11.3 Å². The average molecular weight is 391 g/mol. The number of methoxy groups -OCH3 is 1. The Morgan fingerprint density at radius 2 is 1.96 bits per heavy atom. The van der Waals surface area contributed by atoms with Crippen molar-refractivity contribution in [1.82, 2.24) is 4.72 Å². The summed E-state index contributed by atoms with van der Waals surface area (Å²) >= 11 is 1.54. The van der Waals surface area contributed by atoms with Crippen molar-refractivity contribution in [3.63, 3.8) is 0 Å². The number of hydrogen-bond acceptors (Lipinski definition) is 6. The highest BCUT2D eigenvalue weighted by atomic mass is 32.2. The molecule has 2 heterocycles. The summed E-state index contributed by atoms with van der Waals surface area (Å²) in [6.07, 6.45) is 1.57. The van der Waals surface area contributed by atoms with E-state index in [0.29, 0.717) is 11.3 Å². The van der Waals surface area contributed by atoms with E-state index in [-0.39, 0.29) is 17.4 Å². The van der Waals surface area contributed by atoms with Crippen LogP contribution in [-0.2, 0) is 14.8 Å². The molecule has 6 nitrogen and oxygen atoms in total. The molecule has 1 atom stereocenters. The van der Waals surface area contributed by atoms with E-state index < -0.39 is 16.0 Å². The zero-order chi connectivity index (χ0) is 18.6. The molecular weight excluding hydrogens is 374 g/mol. The summed E-state index contributed by atoms with van der Waals surface area (Å²) in [6.45, 7) is 0.162. The lowest BCUT2D eigenvalue weighted by Gasteiger charge is -2.14. The Labute approximate surface area is 155 Å². The number of esters is 1. The summed E-state index contributed by atoms with van der Waals surface area (Å²) in [5.41, 5.74) is 0.290. The van der Waals surface area contributed by atoms with Gasteiger partial charge in [0.1, 0.15) is 5.76 Å². The molecule has 26 heavy (non-hydrogen) atoms. The molecule has 2 aromatic heterocycles. The second kappa shape index (κ2) is 7.86. The fourth-order valence-corrected chi connectivity index (χ4v) is 4.37. The fourth-order valence-electron chi connectivity index (χ4n) is 2.48. The number of furan rings is 1. The van der Waals surface area contributed by atoms with Gasteiger partial charge < -0.3 is 9.15 Å². The van der Waals surface area contributed by atoms with Gasteiger partial charge in [0.25, 0.3) is 0 Å². The van der Waals surface area contributed by atoms with Gasteiger partial charge in [-0.25, -0.2) is 17.9 Å². The second-order valence-electron chi connectivity index (χ2n) is 5.45. The summed E-state index contributed by atoms with van der Waals surface area (Å²) in [7, 11) is -2.45. The standard InChI is InChI=1S/C18H17NO5S2/c1-23-18(20)13-6-8-14(9-7-13)26(21,22)19-12-15(16-4-2-10-24-16)17-5-3-11-25-17/h2-11,15,19H,12H2,1H3. The molecule has 0 aliphatic heterocycles. The molecule has 3 rings (SSSR count). The Bertz CT molecular complexity index is 911. The molecule has 3 aromatic rings. The lowest BCUT2D eigenvalue weighted by molar-refractivity contribution is 0.0600. The third kappa shape index (κ3) is 4.04. The van der Waals surface area contributed by atoms with E-state index in [9.17, 15) is 13.2 Å². The first kappa shape index (κ1) is 18.4. The van der Waals surface area contributed by atoms with E-state index in [1.807, 2.05) is 23.6 Å². The van der Waals surface area contributed by atoms with Gasteiger partial charge in [-0.1, -0.05) is 6.07 Å². The van der Waals surface area contributed by atoms with Crippen LogP contribution in [0.25, 0.3) is 0 Å². The van der Waals surface area contributed by atoms with Crippen LogP contribution < -0.4 is 4.72 Å². The number of nitrogens with one attached hydrogen (secondary N) is 1. The Kier molecular flexibility index (Phi) is 5.55. The SMILES string of the molecule is COC(=O)c1ccc(S(=O)(=O)NCC(c2ccco2)c2cccs2)cc1. The molecular formula is C18H17NO5S2. The molecule has 1 N–H and O–H groups in total. The largest absolute Gasteiger partial charge is 0.469 e. The Morgan fingerprint density at radius 1 is 1.19 bits per heavy atom. The second-order valence-corrected chi connectivity index (χ2v) is 8.20. The van der Waals surface area contributed by atoms with Gasteiger partial charge in [-0.2, -0.15) is 0 Å². The van der Waals surface area contributed by atoms with Crippen molar-refractivity contribution in [2.45, 2.75) is 10.8 Å². The minimum atomic E-state index is -3.73. The highest BCUT2D eigenvalue weighted by molar-refractivity contribution is 7.89. The predicted octanol–water partition coefficient (Wildman–Crippen LogP) is 3.24. The van der Waals surface area contributed by atoms with Crippen molar-refractivity contribution < 1.29 is 22.4 Å². The first-order chi connectivity index (χ1) is 12.5. The number of benzene rings is 1. The van der Waals surface area contributed by atoms with E-state index in [1.54, 1.807) is 12.3 Å². The van der Waals surface area contributed by atoms with Crippen molar-refractivity contribution in [3.8, 4) is 0 Å². The molecule has 0 bridgehead atoms. The van der Waals surface area contributed by atoms with Crippen LogP contribution in [0.15, 0.2) is 69.5 Å². The monoisotopic (exact) mass is 391 g/mol. The van der Waals surface area contributed by atoms with E-state index in [1.165, 1.54) is 42.7 Å². The summed E-state index contributed by atoms with van der Waals surface area (Å²) in [5, 5.41) is 1.94. The molecule has 0 saturated carbocycles. The molecule has 0 saturated heterocycles. The number of rotatable bonds is 7. The van der Waals surface area contributed by atoms with Crippen LogP contribution in [0.1, 0.15) is 26.9 Å². The summed E-state index contributed by atoms with van der Waals surface area (Å²) in [4.78, 5) is 12.5. The van der Waals surface area contributed by atoms with Gasteiger partial charge in [0, 0.05) is 11.4 Å². The van der Waals surface area contributed by atoms with Gasteiger partial charge in [0.2, 0.25) is 10.0 Å². The van der Waals surface area contributed by atoms with Crippen molar-refractivity contribution >= 4 is 27.3 Å². The van der Waals surface area contributed by atoms with Crippen molar-refractivity contribution in [1.29, 1.82) is 0 Å². The highest BCUT2D eigenvalue weighted by Gasteiger charge is 2.22. The lowest BCUT2D eigenvalue weighted by atomic mass is 10.1. The summed E-state index contributed by atoms with van der Waals surface area (Å²) in [5.74, 6) is -0.0391. The Hall–Kier alpha value is -2.42. The maximum absolute atomic E-state index is 12.6. The van der Waals surface area contributed by atoms with Crippen molar-refractivity contribution in [3.05, 3.63) is 76.4 Å². The van der Waals surface area contributed by atoms with Gasteiger partial charge >= 0.3 is 5.97 Å². The number of hydrogen-bond donors (Lipinski definition) is 1. The molecule has 0 amide bonds. The number of ether oxygens (including phenoxy) is 1. The minimum Gasteiger partial charge on any atom is -0.469 e. The Morgan fingerprint density at radius 3 is 2.54 bits per heavy atom. The van der Waals surface area contributed by atoms with Gasteiger partial charge in [0.05, 0.1) is 29.7 Å². The topological polar surface area (TPSA) is 85.6 Å². The number of thiophene rings is 1. The van der Waals surface area contributed by atoms with Crippen molar-refractivity contribution in [2.24, 2.45) is 0 Å². The Balaban J connectivity index is 1.77. The number of carbonyl (C=O) groups excluding carboxylic acids is 1. The summed E-state index contributed by atoms with van der Waals surface area (Å²) in [6, 6.07) is 13.0. The zero-order valence-electron chi connectivity index (χ0n) is 13.9. The summed E-state index contributed by atoms with van der Waals surface area (Å²) < 4.78 is 37.8. The molecule has 1 aromatic carbocycles. The number of carbonyl (C=O) groups is 1. The predicted molar refractivity (Wildman–Crippen MR) is 97.8 cm³/mol. The van der Waals surface area contributed by atoms with Crippen LogP contribution in [-0.4, -0.2) is 28.0 Å². The first-order valence-electron chi connectivity index (χ1n) is 7.76. The molecule has 0 aliphatic rings. The maximum Gasteiger partial charge on any atom is 0.337 e. The van der Waals surface area contributed by atoms with Gasteiger partial charge in [0.15, 0.2) is 0 Å². The van der Waals surface area contributed by atoms with Crippen LogP contribution in [0, 0.1) is 0 Å². The number of sulfonamides is 1. The average Bonchev–Trinajstić information content (AvgIpc) is 3.36. The molecule has 0 radical (unpaired) electrons. The molecule has 8 heteroatoms. The van der Waals surface area contributed by atoms with Crippen molar-refractivity contribution in [2.75, 3.05) is 13.7 Å². The van der Waals surface area contributed by atoms with Gasteiger partial charge in [-0.05, 0) is 47.8 Å². The van der Waals surface area contributed by atoms with Crippen LogP contribution in [0.5, 0.6) is 0 Å². The van der Waals surface area contributed by atoms with Crippen LogP contribution in [0.3, 0.4) is 0 Å².